The summed E-state index contributed by atoms with van der Waals surface area (Å²) >= 11 is 8.07. The molecule has 1 aromatic heterocycles. The first-order chi connectivity index (χ1) is 5.15. The van der Waals surface area contributed by atoms with Gasteiger partial charge in [-0.25, -0.2) is 0 Å². The number of aliphatic hydroxyl groups is 1. The standard InChI is InChI=1S/C6H6Br2O2S/c1-10-6(9)4-2-3(7)5(8)11-4/h2,6,9H,1H3. The van der Waals surface area contributed by atoms with Crippen molar-refractivity contribution >= 4 is 43.2 Å². The van der Waals surface area contributed by atoms with E-state index in [1.165, 1.54) is 18.4 Å². The quantitative estimate of drug-likeness (QED) is 0.851. The van der Waals surface area contributed by atoms with Crippen molar-refractivity contribution in [2.45, 2.75) is 6.29 Å². The summed E-state index contributed by atoms with van der Waals surface area (Å²) in [6, 6.07) is 1.82. The van der Waals surface area contributed by atoms with Gasteiger partial charge in [-0.15, -0.1) is 11.3 Å². The molecule has 1 aromatic rings. The second kappa shape index (κ2) is 4.00. The van der Waals surface area contributed by atoms with Gasteiger partial charge in [0.2, 0.25) is 0 Å². The Hall–Kier alpha value is 0.580. The van der Waals surface area contributed by atoms with E-state index in [9.17, 15) is 5.11 Å². The Kier molecular flexibility index (Phi) is 3.52. The zero-order valence-corrected chi connectivity index (χ0v) is 9.66. The van der Waals surface area contributed by atoms with E-state index in [1.54, 1.807) is 0 Å². The summed E-state index contributed by atoms with van der Waals surface area (Å²) in [5.74, 6) is 0. The van der Waals surface area contributed by atoms with Gasteiger partial charge in [-0.2, -0.15) is 0 Å². The van der Waals surface area contributed by atoms with Crippen molar-refractivity contribution in [3.63, 3.8) is 0 Å². The molecule has 0 saturated heterocycles. The molecule has 1 N–H and O–H groups in total. The van der Waals surface area contributed by atoms with Crippen LogP contribution >= 0.6 is 43.2 Å². The van der Waals surface area contributed by atoms with Crippen LogP contribution < -0.4 is 0 Å². The topological polar surface area (TPSA) is 29.5 Å². The van der Waals surface area contributed by atoms with Gasteiger partial charge in [0.25, 0.3) is 0 Å². The van der Waals surface area contributed by atoms with Crippen LogP contribution in [0.25, 0.3) is 0 Å². The second-order valence-electron chi connectivity index (χ2n) is 1.86. The molecule has 1 rings (SSSR count). The Morgan fingerprint density at radius 2 is 2.27 bits per heavy atom. The molecule has 0 radical (unpaired) electrons. The zero-order chi connectivity index (χ0) is 8.43. The molecule has 0 aliphatic heterocycles. The van der Waals surface area contributed by atoms with Crippen LogP contribution in [0.15, 0.2) is 14.3 Å². The highest BCUT2D eigenvalue weighted by atomic mass is 79.9. The molecule has 1 heterocycles. The van der Waals surface area contributed by atoms with Crippen LogP contribution in [0.3, 0.4) is 0 Å². The molecule has 0 aliphatic rings. The Labute approximate surface area is 85.4 Å². The third kappa shape index (κ3) is 2.26. The Bertz CT molecular complexity index is 229. The minimum Gasteiger partial charge on any atom is -0.364 e. The second-order valence-corrected chi connectivity index (χ2v) is 5.11. The predicted octanol–water partition coefficient (Wildman–Crippen LogP) is 2.91. The first-order valence-electron chi connectivity index (χ1n) is 2.80. The molecule has 0 bridgehead atoms. The van der Waals surface area contributed by atoms with Crippen LogP contribution in [-0.4, -0.2) is 12.2 Å². The van der Waals surface area contributed by atoms with E-state index in [-0.39, 0.29) is 0 Å². The Balaban J connectivity index is 2.88. The van der Waals surface area contributed by atoms with E-state index in [1.807, 2.05) is 6.07 Å². The molecule has 2 nitrogen and oxygen atoms in total. The molecular weight excluding hydrogens is 296 g/mol. The van der Waals surface area contributed by atoms with E-state index in [0.717, 1.165) is 13.1 Å². The van der Waals surface area contributed by atoms with E-state index in [0.29, 0.717) is 0 Å². The third-order valence-electron chi connectivity index (χ3n) is 1.13. The van der Waals surface area contributed by atoms with E-state index < -0.39 is 6.29 Å². The first kappa shape index (κ1) is 9.67. The molecule has 62 valence electrons. The first-order valence-corrected chi connectivity index (χ1v) is 5.21. The van der Waals surface area contributed by atoms with Crippen molar-refractivity contribution in [3.05, 3.63) is 19.2 Å². The maximum absolute atomic E-state index is 9.21. The number of methoxy groups -OCH3 is 1. The van der Waals surface area contributed by atoms with Gasteiger partial charge in [0, 0.05) is 11.6 Å². The largest absolute Gasteiger partial charge is 0.364 e. The van der Waals surface area contributed by atoms with Crippen molar-refractivity contribution in [1.82, 2.24) is 0 Å². The Morgan fingerprint density at radius 3 is 2.64 bits per heavy atom. The van der Waals surface area contributed by atoms with Gasteiger partial charge in [0.1, 0.15) is 0 Å². The molecule has 1 atom stereocenters. The van der Waals surface area contributed by atoms with Crippen molar-refractivity contribution in [1.29, 1.82) is 0 Å². The molecule has 0 aliphatic carbocycles. The zero-order valence-electron chi connectivity index (χ0n) is 5.67. The van der Waals surface area contributed by atoms with Crippen molar-refractivity contribution in [2.24, 2.45) is 0 Å². The van der Waals surface area contributed by atoms with Crippen LogP contribution in [-0.2, 0) is 4.74 Å². The summed E-state index contributed by atoms with van der Waals surface area (Å²) in [4.78, 5) is 0.784. The maximum Gasteiger partial charge on any atom is 0.190 e. The van der Waals surface area contributed by atoms with Crippen LogP contribution in [0.2, 0.25) is 0 Å². The molecule has 0 aromatic carbocycles. The minimum atomic E-state index is -0.817. The van der Waals surface area contributed by atoms with Crippen molar-refractivity contribution in [2.75, 3.05) is 7.11 Å². The van der Waals surface area contributed by atoms with Crippen LogP contribution in [0.5, 0.6) is 0 Å². The van der Waals surface area contributed by atoms with Crippen LogP contribution in [0.4, 0.5) is 0 Å². The van der Waals surface area contributed by atoms with E-state index in [2.05, 4.69) is 31.9 Å². The summed E-state index contributed by atoms with van der Waals surface area (Å²) < 4.78 is 6.63. The SMILES string of the molecule is COC(O)c1cc(Br)c(Br)s1. The van der Waals surface area contributed by atoms with Crippen molar-refractivity contribution < 1.29 is 9.84 Å². The average Bonchev–Trinajstić information content (AvgIpc) is 2.31. The fraction of sp³-hybridized carbons (Fsp3) is 0.333. The van der Waals surface area contributed by atoms with Crippen molar-refractivity contribution in [3.8, 4) is 0 Å². The smallest absolute Gasteiger partial charge is 0.190 e. The lowest BCUT2D eigenvalue weighted by atomic mass is 10.5. The number of aliphatic hydroxyl groups excluding tert-OH is 1. The molecule has 11 heavy (non-hydrogen) atoms. The fourth-order valence-electron chi connectivity index (χ4n) is 0.601. The predicted molar refractivity (Wildman–Crippen MR) is 51.7 cm³/mol. The minimum absolute atomic E-state index is 0.784. The maximum atomic E-state index is 9.21. The highest BCUT2D eigenvalue weighted by Gasteiger charge is 2.11. The molecule has 5 heteroatoms. The van der Waals surface area contributed by atoms with Gasteiger partial charge in [-0.1, -0.05) is 0 Å². The van der Waals surface area contributed by atoms with E-state index in [4.69, 9.17) is 4.74 Å². The lowest BCUT2D eigenvalue weighted by molar-refractivity contribution is -0.0743. The van der Waals surface area contributed by atoms with E-state index >= 15 is 0 Å². The summed E-state index contributed by atoms with van der Waals surface area (Å²) in [6.45, 7) is 0. The number of hydrogen-bond donors (Lipinski definition) is 1. The normalized spacial score (nSPS) is 13.5. The number of hydrogen-bond acceptors (Lipinski definition) is 3. The molecule has 1 unspecified atom stereocenters. The van der Waals surface area contributed by atoms with Crippen LogP contribution in [0.1, 0.15) is 11.2 Å². The van der Waals surface area contributed by atoms with Gasteiger partial charge in [-0.3, -0.25) is 0 Å². The van der Waals surface area contributed by atoms with Gasteiger partial charge in [0.15, 0.2) is 6.29 Å². The summed E-state index contributed by atoms with van der Waals surface area (Å²) in [5, 5.41) is 9.21. The Morgan fingerprint density at radius 1 is 1.64 bits per heavy atom. The average molecular weight is 302 g/mol. The fourth-order valence-corrected chi connectivity index (χ4v) is 2.65. The molecular formula is C6H6Br2O2S. The van der Waals surface area contributed by atoms with Crippen LogP contribution in [0, 0.1) is 0 Å². The summed E-state index contributed by atoms with van der Waals surface area (Å²) in [5.41, 5.74) is 0. The molecule has 0 saturated carbocycles. The van der Waals surface area contributed by atoms with Gasteiger partial charge < -0.3 is 9.84 Å². The number of halogens is 2. The molecule has 0 amide bonds. The van der Waals surface area contributed by atoms with Gasteiger partial charge >= 0.3 is 0 Å². The number of rotatable bonds is 2. The highest BCUT2D eigenvalue weighted by molar-refractivity contribution is 9.13. The van der Waals surface area contributed by atoms with Gasteiger partial charge in [0.05, 0.1) is 8.66 Å². The molecule has 0 fully saturated rings. The molecule has 0 spiro atoms. The monoisotopic (exact) mass is 300 g/mol. The lowest BCUT2D eigenvalue weighted by Gasteiger charge is -2.03. The number of thiophene rings is 1. The summed E-state index contributed by atoms with van der Waals surface area (Å²) in [7, 11) is 1.46. The van der Waals surface area contributed by atoms with Gasteiger partial charge in [-0.05, 0) is 37.9 Å². The lowest BCUT2D eigenvalue weighted by Crippen LogP contribution is -1.95. The third-order valence-corrected chi connectivity index (χ3v) is 4.42. The number of ether oxygens (including phenoxy) is 1. The summed E-state index contributed by atoms with van der Waals surface area (Å²) in [6.07, 6.45) is -0.817. The highest BCUT2D eigenvalue weighted by Crippen LogP contribution is 2.35.